The first-order chi connectivity index (χ1) is 6.18. The quantitative estimate of drug-likeness (QED) is 0.524. The fraction of sp³-hybridized carbons (Fsp3) is 0.889. The smallest absolute Gasteiger partial charge is 0.304 e. The van der Waals surface area contributed by atoms with Crippen molar-refractivity contribution in [3.63, 3.8) is 0 Å². The van der Waals surface area contributed by atoms with Crippen LogP contribution in [0.4, 0.5) is 0 Å². The number of halogens is 1. The fourth-order valence-corrected chi connectivity index (χ4v) is 1.75. The Morgan fingerprint density at radius 1 is 1.69 bits per heavy atom. The highest BCUT2D eigenvalue weighted by Crippen LogP contribution is 2.19. The van der Waals surface area contributed by atoms with Crippen molar-refractivity contribution in [3.05, 3.63) is 0 Å². The maximum absolute atomic E-state index is 10.5. The lowest BCUT2D eigenvalue weighted by molar-refractivity contribution is -0.144. The van der Waals surface area contributed by atoms with E-state index < -0.39 is 5.56 Å². The second-order valence-corrected chi connectivity index (χ2v) is 3.73. The van der Waals surface area contributed by atoms with Crippen LogP contribution >= 0.6 is 11.6 Å². The summed E-state index contributed by atoms with van der Waals surface area (Å²) in [6.45, 7) is 2.16. The lowest BCUT2D eigenvalue weighted by atomic mass is 10.1. The summed E-state index contributed by atoms with van der Waals surface area (Å²) in [5, 5.41) is 0. The summed E-state index contributed by atoms with van der Waals surface area (Å²) < 4.78 is 10.3. The van der Waals surface area contributed by atoms with Crippen molar-refractivity contribution in [2.45, 2.75) is 44.3 Å². The first-order valence-electron chi connectivity index (χ1n) is 4.61. The van der Waals surface area contributed by atoms with Gasteiger partial charge in [0.1, 0.15) is 0 Å². The average molecular weight is 207 g/mol. The normalized spacial score (nSPS) is 25.2. The van der Waals surface area contributed by atoms with Gasteiger partial charge in [-0.15, -0.1) is 0 Å². The van der Waals surface area contributed by atoms with Gasteiger partial charge in [0.2, 0.25) is 0 Å². The molecular formula is C9H15ClO3. The van der Waals surface area contributed by atoms with Crippen molar-refractivity contribution in [2.75, 3.05) is 6.61 Å². The molecule has 0 aromatic carbocycles. The zero-order chi connectivity index (χ0) is 9.68. The SMILES string of the molecule is CC(=O)OC(Cl)CC1CCCCO1. The van der Waals surface area contributed by atoms with E-state index in [1.807, 2.05) is 0 Å². The molecule has 2 atom stereocenters. The molecule has 76 valence electrons. The Labute approximate surface area is 83.3 Å². The summed E-state index contributed by atoms with van der Waals surface area (Å²) in [7, 11) is 0. The van der Waals surface area contributed by atoms with Crippen LogP contribution in [0.2, 0.25) is 0 Å². The number of ether oxygens (including phenoxy) is 2. The van der Waals surface area contributed by atoms with E-state index in [0.717, 1.165) is 19.4 Å². The van der Waals surface area contributed by atoms with Gasteiger partial charge in [0.25, 0.3) is 0 Å². The molecule has 0 aliphatic carbocycles. The van der Waals surface area contributed by atoms with Crippen molar-refractivity contribution in [1.29, 1.82) is 0 Å². The van der Waals surface area contributed by atoms with Crippen molar-refractivity contribution in [1.82, 2.24) is 0 Å². The molecule has 0 N–H and O–H groups in total. The van der Waals surface area contributed by atoms with Crippen LogP contribution in [-0.2, 0) is 14.3 Å². The molecule has 1 heterocycles. The highest BCUT2D eigenvalue weighted by molar-refractivity contribution is 6.20. The van der Waals surface area contributed by atoms with E-state index in [1.54, 1.807) is 0 Å². The Kier molecular flexibility index (Phi) is 4.53. The predicted molar refractivity (Wildman–Crippen MR) is 49.6 cm³/mol. The molecule has 1 aliphatic heterocycles. The molecule has 13 heavy (non-hydrogen) atoms. The first-order valence-corrected chi connectivity index (χ1v) is 5.05. The number of hydrogen-bond acceptors (Lipinski definition) is 3. The number of rotatable bonds is 3. The van der Waals surface area contributed by atoms with E-state index in [2.05, 4.69) is 0 Å². The van der Waals surface area contributed by atoms with E-state index in [0.29, 0.717) is 6.42 Å². The standard InChI is InChI=1S/C9H15ClO3/c1-7(11)13-9(10)6-8-4-2-3-5-12-8/h8-9H,2-6H2,1H3. The van der Waals surface area contributed by atoms with Crippen LogP contribution < -0.4 is 0 Å². The third kappa shape index (κ3) is 4.48. The molecule has 0 spiro atoms. The molecule has 0 bridgehead atoms. The van der Waals surface area contributed by atoms with Gasteiger partial charge in [-0.05, 0) is 19.3 Å². The fourth-order valence-electron chi connectivity index (χ4n) is 1.43. The maximum Gasteiger partial charge on any atom is 0.304 e. The molecule has 0 saturated carbocycles. The van der Waals surface area contributed by atoms with E-state index in [1.165, 1.54) is 13.3 Å². The molecule has 0 aromatic heterocycles. The Bertz CT molecular complexity index is 166. The largest absolute Gasteiger partial charge is 0.446 e. The van der Waals surface area contributed by atoms with Gasteiger partial charge in [0.05, 0.1) is 6.10 Å². The molecule has 1 aliphatic rings. The number of alkyl halides is 1. The predicted octanol–water partition coefficient (Wildman–Crippen LogP) is 2.07. The topological polar surface area (TPSA) is 35.5 Å². The van der Waals surface area contributed by atoms with Gasteiger partial charge < -0.3 is 9.47 Å². The molecule has 0 aromatic rings. The summed E-state index contributed by atoms with van der Waals surface area (Å²) >= 11 is 5.79. The minimum Gasteiger partial charge on any atom is -0.446 e. The van der Waals surface area contributed by atoms with Gasteiger partial charge in [0.15, 0.2) is 5.56 Å². The lowest BCUT2D eigenvalue weighted by Gasteiger charge is -2.24. The summed E-state index contributed by atoms with van der Waals surface area (Å²) in [4.78, 5) is 10.5. The van der Waals surface area contributed by atoms with Crippen molar-refractivity contribution >= 4 is 17.6 Å². The van der Waals surface area contributed by atoms with Crippen molar-refractivity contribution in [3.8, 4) is 0 Å². The third-order valence-corrected chi connectivity index (χ3v) is 2.28. The summed E-state index contributed by atoms with van der Waals surface area (Å²) in [6.07, 6.45) is 4.08. The van der Waals surface area contributed by atoms with E-state index in [-0.39, 0.29) is 12.1 Å². The van der Waals surface area contributed by atoms with Crippen LogP contribution in [0.15, 0.2) is 0 Å². The van der Waals surface area contributed by atoms with Gasteiger partial charge in [0, 0.05) is 20.0 Å². The zero-order valence-corrected chi connectivity index (χ0v) is 8.55. The molecule has 0 amide bonds. The molecule has 3 nitrogen and oxygen atoms in total. The maximum atomic E-state index is 10.5. The van der Waals surface area contributed by atoms with Crippen LogP contribution in [0.1, 0.15) is 32.6 Å². The summed E-state index contributed by atoms with van der Waals surface area (Å²) in [6, 6.07) is 0. The Morgan fingerprint density at radius 2 is 2.46 bits per heavy atom. The van der Waals surface area contributed by atoms with Crippen LogP contribution in [-0.4, -0.2) is 24.2 Å². The Morgan fingerprint density at radius 3 is 3.00 bits per heavy atom. The highest BCUT2D eigenvalue weighted by Gasteiger charge is 2.19. The second-order valence-electron chi connectivity index (χ2n) is 3.24. The van der Waals surface area contributed by atoms with Gasteiger partial charge >= 0.3 is 5.97 Å². The first kappa shape index (κ1) is 10.8. The zero-order valence-electron chi connectivity index (χ0n) is 7.79. The van der Waals surface area contributed by atoms with Crippen LogP contribution in [0.5, 0.6) is 0 Å². The molecule has 0 radical (unpaired) electrons. The molecule has 1 saturated heterocycles. The Balaban J connectivity index is 2.18. The van der Waals surface area contributed by atoms with Gasteiger partial charge in [-0.3, -0.25) is 4.79 Å². The molecule has 1 rings (SSSR count). The van der Waals surface area contributed by atoms with Crippen LogP contribution in [0.3, 0.4) is 0 Å². The van der Waals surface area contributed by atoms with Gasteiger partial charge in [-0.25, -0.2) is 0 Å². The molecular weight excluding hydrogens is 192 g/mol. The summed E-state index contributed by atoms with van der Waals surface area (Å²) in [5.74, 6) is -0.337. The minimum atomic E-state index is -0.541. The van der Waals surface area contributed by atoms with E-state index >= 15 is 0 Å². The second kappa shape index (κ2) is 5.45. The number of carbonyl (C=O) groups is 1. The van der Waals surface area contributed by atoms with E-state index in [4.69, 9.17) is 21.1 Å². The molecule has 4 heteroatoms. The summed E-state index contributed by atoms with van der Waals surface area (Å²) in [5.41, 5.74) is -0.541. The number of hydrogen-bond donors (Lipinski definition) is 0. The molecule has 2 unspecified atom stereocenters. The van der Waals surface area contributed by atoms with Crippen molar-refractivity contribution < 1.29 is 14.3 Å². The molecule has 1 fully saturated rings. The monoisotopic (exact) mass is 206 g/mol. The Hall–Kier alpha value is -0.280. The minimum absolute atomic E-state index is 0.163. The highest BCUT2D eigenvalue weighted by atomic mass is 35.5. The van der Waals surface area contributed by atoms with Crippen molar-refractivity contribution in [2.24, 2.45) is 0 Å². The lowest BCUT2D eigenvalue weighted by Crippen LogP contribution is -2.24. The van der Waals surface area contributed by atoms with Crippen LogP contribution in [0.25, 0.3) is 0 Å². The van der Waals surface area contributed by atoms with Gasteiger partial charge in [-0.2, -0.15) is 0 Å². The average Bonchev–Trinajstić information content (AvgIpc) is 2.04. The number of carbonyl (C=O) groups excluding carboxylic acids is 1. The van der Waals surface area contributed by atoms with E-state index in [9.17, 15) is 4.79 Å². The van der Waals surface area contributed by atoms with Crippen LogP contribution in [0, 0.1) is 0 Å². The third-order valence-electron chi connectivity index (χ3n) is 2.02. The van der Waals surface area contributed by atoms with Gasteiger partial charge in [-0.1, -0.05) is 11.6 Å². The number of esters is 1.